The number of fused-ring (bicyclic) bond motifs is 2. The molecule has 2 atom stereocenters. The van der Waals surface area contributed by atoms with E-state index in [4.69, 9.17) is 18.9 Å². The maximum atomic E-state index is 13.8. The van der Waals surface area contributed by atoms with Crippen LogP contribution >= 0.6 is 0 Å². The zero-order valence-corrected chi connectivity index (χ0v) is 66.2. The molecule has 2 aliphatic rings. The van der Waals surface area contributed by atoms with Gasteiger partial charge in [0.05, 0.1) is 74.9 Å². The summed E-state index contributed by atoms with van der Waals surface area (Å²) in [6, 6.07) is 44.6. The Bertz CT molecular complexity index is 4430. The molecule has 0 spiro atoms. The van der Waals surface area contributed by atoms with Crippen molar-refractivity contribution in [2.45, 2.75) is 168 Å². The third-order valence-corrected chi connectivity index (χ3v) is 22.2. The molecule has 576 valence electrons. The lowest BCUT2D eigenvalue weighted by Crippen LogP contribution is -2.40. The fourth-order valence-corrected chi connectivity index (χ4v) is 15.4. The van der Waals surface area contributed by atoms with Gasteiger partial charge in [0.25, 0.3) is 11.8 Å². The Morgan fingerprint density at radius 2 is 0.935 bits per heavy atom. The third-order valence-electron chi connectivity index (χ3n) is 19.5. The summed E-state index contributed by atoms with van der Waals surface area (Å²) in [6.45, 7) is 26.6. The number of hydrogen-bond donors (Lipinski definition) is 4. The Morgan fingerprint density at radius 3 is 1.36 bits per heavy atom. The zero-order chi connectivity index (χ0) is 77.3. The van der Waals surface area contributed by atoms with Crippen LogP contribution in [0.25, 0.3) is 34.4 Å². The molecule has 8 aromatic rings. The summed E-state index contributed by atoms with van der Waals surface area (Å²) in [4.78, 5) is 61.9. The highest BCUT2D eigenvalue weighted by Gasteiger charge is 2.33. The molecule has 0 fully saturated rings. The summed E-state index contributed by atoms with van der Waals surface area (Å²) in [5.41, 5.74) is 12.0. The number of aliphatic carboxylic acids is 2. The molecule has 4 heterocycles. The molecule has 21 heteroatoms. The van der Waals surface area contributed by atoms with Crippen molar-refractivity contribution in [3.8, 4) is 33.8 Å². The van der Waals surface area contributed by atoms with Crippen molar-refractivity contribution in [2.75, 3.05) is 86.3 Å². The standard InChI is InChI=1S/C44H55N3O6S.C43H54N4O6S/c1-6-8-25-52-26-27-53-39-16-11-33(12-17-39)34-13-20-41-37(28-34)29-35(10-9-23-47(41)31-44(4,5)43(49)50)42(48)45-38-14-18-40(19-15-38)54(51)30-36-21-24-46(22-7-2)32(36)3;1-6-8-23-52-24-25-53-37-16-11-32(12-17-37)33-13-20-39-35(26-33)27-34(10-9-22-46(39)29-43(4,5)42(49)50)41(48)45-36-14-18-38(19-15-36)54(51)28-40-31(3)44-30-47(40)21-7-2/h11-21,24,28-29H,6-10,22-23,25-27,30-31H2,1-5H3,(H,45,48)(H,49,50);11-20,26-27,30H,6-10,21-25,28-29H2,1-5H3,(H,45,48)(H,49,50)/b35-29+;34-27+/t;54-/m.1/s1. The quantitative estimate of drug-likeness (QED) is 0.0267. The lowest BCUT2D eigenvalue weighted by atomic mass is 9.91. The number of carbonyl (C=O) groups excluding carboxylic acids is 2. The molecule has 1 unspecified atom stereocenters. The number of carboxylic acids is 2. The van der Waals surface area contributed by atoms with Gasteiger partial charge >= 0.3 is 11.9 Å². The van der Waals surface area contributed by atoms with E-state index in [1.807, 2.05) is 116 Å². The minimum absolute atomic E-state index is 0.201. The summed E-state index contributed by atoms with van der Waals surface area (Å²) in [5.74, 6) is 0.214. The minimum Gasteiger partial charge on any atom is -0.491 e. The number of amides is 2. The molecule has 10 rings (SSSR count). The van der Waals surface area contributed by atoms with Crippen LogP contribution in [0.3, 0.4) is 0 Å². The largest absolute Gasteiger partial charge is 0.491 e. The topological polar surface area (TPSA) is 233 Å². The van der Waals surface area contributed by atoms with Crippen LogP contribution in [0.15, 0.2) is 173 Å². The van der Waals surface area contributed by atoms with Crippen LogP contribution in [0.4, 0.5) is 22.7 Å². The van der Waals surface area contributed by atoms with Gasteiger partial charge in [0, 0.05) is 108 Å². The fourth-order valence-electron chi connectivity index (χ4n) is 13.0. The molecule has 2 aromatic heterocycles. The number of rotatable bonds is 36. The van der Waals surface area contributed by atoms with E-state index < -0.39 is 44.4 Å². The summed E-state index contributed by atoms with van der Waals surface area (Å²) in [5, 5.41) is 26.0. The highest BCUT2D eigenvalue weighted by Crippen LogP contribution is 2.38. The molecule has 0 saturated carbocycles. The molecule has 19 nitrogen and oxygen atoms in total. The maximum absolute atomic E-state index is 13.8. The molecular weight excluding hydrogens is 1400 g/mol. The Morgan fingerprint density at radius 1 is 0.509 bits per heavy atom. The van der Waals surface area contributed by atoms with Gasteiger partial charge in [0.2, 0.25) is 0 Å². The Hall–Kier alpha value is -9.41. The first-order valence-corrected chi connectivity index (χ1v) is 40.6. The van der Waals surface area contributed by atoms with E-state index in [-0.39, 0.29) is 11.8 Å². The van der Waals surface area contributed by atoms with Crippen LogP contribution < -0.4 is 29.9 Å². The van der Waals surface area contributed by atoms with Crippen LogP contribution in [-0.2, 0) is 74.8 Å². The number of hydrogen-bond acceptors (Lipinski definition) is 13. The van der Waals surface area contributed by atoms with Gasteiger partial charge in [-0.05, 0) is 247 Å². The van der Waals surface area contributed by atoms with Gasteiger partial charge in [0.1, 0.15) is 24.7 Å². The zero-order valence-electron chi connectivity index (χ0n) is 64.6. The number of carbonyl (C=O) groups is 4. The second kappa shape index (κ2) is 40.1. The van der Waals surface area contributed by atoms with E-state index in [0.29, 0.717) is 122 Å². The van der Waals surface area contributed by atoms with Gasteiger partial charge in [-0.2, -0.15) is 0 Å². The predicted octanol–water partition coefficient (Wildman–Crippen LogP) is 17.6. The molecule has 0 bridgehead atoms. The van der Waals surface area contributed by atoms with Crippen LogP contribution in [0.2, 0.25) is 0 Å². The van der Waals surface area contributed by atoms with Crippen LogP contribution in [0.5, 0.6) is 11.5 Å². The van der Waals surface area contributed by atoms with Gasteiger partial charge in [-0.1, -0.05) is 76.9 Å². The first kappa shape index (κ1) is 82.6. The smallest absolute Gasteiger partial charge is 0.310 e. The van der Waals surface area contributed by atoms with Crippen molar-refractivity contribution in [2.24, 2.45) is 10.8 Å². The van der Waals surface area contributed by atoms with E-state index in [1.54, 1.807) is 64.1 Å². The first-order chi connectivity index (χ1) is 52.0. The van der Waals surface area contributed by atoms with Crippen molar-refractivity contribution in [3.63, 3.8) is 0 Å². The SMILES string of the molecule is CCCCOCCOc1ccc(-c2ccc3c(c2)/C=C(/C(=O)Nc2ccc(S(=O)Cc4ccn(CCC)c4C)cc2)CCCN3CC(C)(C)C(=O)O)cc1.CCCCOCCOc1ccc(-c2ccc3c(c2)/C=C(/C(=O)Nc2ccc([S@](=O)Cc4c(C)ncn4CCC)cc2)CCCN3CC(C)(C)C(=O)O)cc1. The number of imidazole rings is 1. The van der Waals surface area contributed by atoms with Crippen molar-refractivity contribution in [3.05, 3.63) is 197 Å². The number of carboxylic acid groups (broad SMARTS) is 2. The van der Waals surface area contributed by atoms with Crippen molar-refractivity contribution in [1.29, 1.82) is 0 Å². The van der Waals surface area contributed by atoms with E-state index in [2.05, 4.69) is 87.5 Å². The van der Waals surface area contributed by atoms with Crippen LogP contribution in [0, 0.1) is 24.7 Å². The average Bonchev–Trinajstić information content (AvgIpc) is 1.00. The summed E-state index contributed by atoms with van der Waals surface area (Å²) < 4.78 is 53.8. The van der Waals surface area contributed by atoms with Gasteiger partial charge in [-0.25, -0.2) is 4.98 Å². The fraction of sp³-hybridized carbons (Fsp3) is 0.414. The van der Waals surface area contributed by atoms with E-state index in [9.17, 15) is 37.8 Å². The number of ether oxygens (including phenoxy) is 4. The molecule has 0 radical (unpaired) electrons. The highest BCUT2D eigenvalue weighted by atomic mass is 32.2. The number of nitrogens with zero attached hydrogens (tertiary/aromatic N) is 5. The monoisotopic (exact) mass is 1510 g/mol. The Kier molecular flexibility index (Phi) is 30.7. The molecular formula is C87H109N7O12S2. The number of nitrogens with one attached hydrogen (secondary N) is 2. The van der Waals surface area contributed by atoms with E-state index in [1.165, 1.54) is 0 Å². The third kappa shape index (κ3) is 23.3. The second-order valence-electron chi connectivity index (χ2n) is 29.0. The Balaban J connectivity index is 0.000000249. The molecule has 0 aliphatic carbocycles. The summed E-state index contributed by atoms with van der Waals surface area (Å²) in [7, 11) is -2.48. The number of unbranched alkanes of at least 4 members (excludes halogenated alkanes) is 2. The molecule has 2 amide bonds. The second-order valence-corrected chi connectivity index (χ2v) is 31.9. The van der Waals surface area contributed by atoms with Gasteiger partial charge in [-0.15, -0.1) is 0 Å². The molecule has 4 N–H and O–H groups in total. The minimum atomic E-state index is -1.27. The Labute approximate surface area is 643 Å². The van der Waals surface area contributed by atoms with Crippen LogP contribution in [0.1, 0.15) is 153 Å². The number of aromatic nitrogens is 3. The lowest BCUT2D eigenvalue weighted by molar-refractivity contribution is -0.147. The van der Waals surface area contributed by atoms with Crippen molar-refractivity contribution < 1.29 is 56.8 Å². The van der Waals surface area contributed by atoms with Crippen LogP contribution in [-0.4, -0.2) is 122 Å². The number of anilines is 4. The van der Waals surface area contributed by atoms with E-state index >= 15 is 0 Å². The highest BCUT2D eigenvalue weighted by molar-refractivity contribution is 7.84. The molecule has 108 heavy (non-hydrogen) atoms. The maximum Gasteiger partial charge on any atom is 0.310 e. The first-order valence-electron chi connectivity index (χ1n) is 38.0. The number of benzene rings is 6. The molecule has 6 aromatic carbocycles. The van der Waals surface area contributed by atoms with Gasteiger partial charge in [-0.3, -0.25) is 27.6 Å². The molecule has 2 aliphatic heterocycles. The van der Waals surface area contributed by atoms with Gasteiger partial charge < -0.3 is 58.7 Å². The average molecular weight is 1510 g/mol. The number of aryl methyl sites for hydroxylation is 3. The lowest BCUT2D eigenvalue weighted by Gasteiger charge is -2.34. The summed E-state index contributed by atoms with van der Waals surface area (Å²) >= 11 is 0. The van der Waals surface area contributed by atoms with Gasteiger partial charge in [0.15, 0.2) is 0 Å². The van der Waals surface area contributed by atoms with Crippen molar-refractivity contribution in [1.82, 2.24) is 14.1 Å². The normalized spacial score (nSPS) is 14.7. The van der Waals surface area contributed by atoms with E-state index in [0.717, 1.165) is 144 Å². The summed E-state index contributed by atoms with van der Waals surface area (Å²) in [6.07, 6.45) is 16.4. The van der Waals surface area contributed by atoms with Crippen molar-refractivity contribution >= 4 is 80.3 Å². The predicted molar refractivity (Wildman–Crippen MR) is 435 cm³/mol. The molecule has 0 saturated heterocycles.